The van der Waals surface area contributed by atoms with Crippen LogP contribution in [0.25, 0.3) is 6.08 Å². The van der Waals surface area contributed by atoms with E-state index in [4.69, 9.17) is 18.9 Å². The molecule has 0 aromatic heterocycles. The molecule has 0 saturated heterocycles. The average molecular weight is 419 g/mol. The highest BCUT2D eigenvalue weighted by molar-refractivity contribution is 6.13. The molecule has 1 heterocycles. The molecular weight excluding hydrogens is 400 g/mol. The van der Waals surface area contributed by atoms with Gasteiger partial charge in [-0.25, -0.2) is 9.79 Å². The van der Waals surface area contributed by atoms with Crippen LogP contribution in [0.15, 0.2) is 47.1 Å². The number of carbonyl (C=O) groups excluding carboxylic acids is 1. The molecule has 9 heteroatoms. The molecule has 3 rings (SSSR count). The number of cyclic esters (lactones) is 1. The van der Waals surface area contributed by atoms with E-state index in [0.29, 0.717) is 29.2 Å². The van der Waals surface area contributed by atoms with Gasteiger partial charge in [0.15, 0.2) is 28.7 Å². The molecular formula is C21H19F2NO6. The van der Waals surface area contributed by atoms with E-state index in [1.54, 1.807) is 18.2 Å². The standard InChI is InChI=1S/C21H19F2NO6/c1-4-28-16-7-5-6-12(18(16)27-3)10-14-20(25)30-19(24-14)13-8-9-15(29-21(22)23)17(11-13)26-2/h5-11,21H,4H2,1-3H3/b14-10+. The number of aliphatic imine (C=N–C) groups is 1. The van der Waals surface area contributed by atoms with Gasteiger partial charge in [-0.15, -0.1) is 0 Å². The molecule has 0 bridgehead atoms. The number of hydrogen-bond acceptors (Lipinski definition) is 7. The Morgan fingerprint density at radius 1 is 1.10 bits per heavy atom. The number of ether oxygens (including phenoxy) is 5. The Balaban J connectivity index is 1.95. The Labute approximate surface area is 171 Å². The van der Waals surface area contributed by atoms with Crippen molar-refractivity contribution < 1.29 is 37.3 Å². The van der Waals surface area contributed by atoms with Crippen LogP contribution in [0, 0.1) is 0 Å². The first-order chi connectivity index (χ1) is 14.5. The fraction of sp³-hybridized carbons (Fsp3) is 0.238. The van der Waals surface area contributed by atoms with Crippen molar-refractivity contribution in [3.05, 3.63) is 53.2 Å². The highest BCUT2D eigenvalue weighted by Crippen LogP contribution is 2.34. The lowest BCUT2D eigenvalue weighted by atomic mass is 10.1. The van der Waals surface area contributed by atoms with Crippen molar-refractivity contribution in [3.8, 4) is 23.0 Å². The number of nitrogens with zero attached hydrogens (tertiary/aromatic N) is 1. The first-order valence-electron chi connectivity index (χ1n) is 8.92. The highest BCUT2D eigenvalue weighted by atomic mass is 19.3. The van der Waals surface area contributed by atoms with E-state index in [0.717, 1.165) is 0 Å². The molecule has 0 radical (unpaired) electrons. The van der Waals surface area contributed by atoms with Crippen LogP contribution in [0.3, 0.4) is 0 Å². The zero-order valence-electron chi connectivity index (χ0n) is 16.5. The number of hydrogen-bond donors (Lipinski definition) is 0. The van der Waals surface area contributed by atoms with Crippen molar-refractivity contribution in [2.24, 2.45) is 4.99 Å². The van der Waals surface area contributed by atoms with Crippen molar-refractivity contribution in [2.75, 3.05) is 20.8 Å². The molecule has 0 N–H and O–H groups in total. The molecule has 30 heavy (non-hydrogen) atoms. The van der Waals surface area contributed by atoms with Crippen LogP contribution >= 0.6 is 0 Å². The van der Waals surface area contributed by atoms with Crippen LogP contribution in [-0.2, 0) is 9.53 Å². The summed E-state index contributed by atoms with van der Waals surface area (Å²) in [4.78, 5) is 16.5. The minimum Gasteiger partial charge on any atom is -0.493 e. The van der Waals surface area contributed by atoms with Gasteiger partial charge in [0.25, 0.3) is 0 Å². The highest BCUT2D eigenvalue weighted by Gasteiger charge is 2.26. The maximum absolute atomic E-state index is 12.5. The monoisotopic (exact) mass is 419 g/mol. The summed E-state index contributed by atoms with van der Waals surface area (Å²) in [5, 5.41) is 0. The van der Waals surface area contributed by atoms with Gasteiger partial charge < -0.3 is 23.7 Å². The largest absolute Gasteiger partial charge is 0.493 e. The maximum Gasteiger partial charge on any atom is 0.387 e. The normalized spacial score (nSPS) is 14.5. The molecule has 0 spiro atoms. The molecule has 2 aromatic rings. The Hall–Kier alpha value is -3.62. The quantitative estimate of drug-likeness (QED) is 0.475. The summed E-state index contributed by atoms with van der Waals surface area (Å²) < 4.78 is 50.6. The predicted octanol–water partition coefficient (Wildman–Crippen LogP) is 4.05. The molecule has 0 atom stereocenters. The van der Waals surface area contributed by atoms with Crippen LogP contribution in [0.2, 0.25) is 0 Å². The van der Waals surface area contributed by atoms with E-state index < -0.39 is 12.6 Å². The lowest BCUT2D eigenvalue weighted by Crippen LogP contribution is -2.07. The van der Waals surface area contributed by atoms with Crippen LogP contribution in [0.5, 0.6) is 23.0 Å². The molecule has 1 aliphatic rings. The predicted molar refractivity (Wildman–Crippen MR) is 104 cm³/mol. The lowest BCUT2D eigenvalue weighted by molar-refractivity contribution is -0.129. The van der Waals surface area contributed by atoms with E-state index in [1.807, 2.05) is 6.92 Å². The molecule has 7 nitrogen and oxygen atoms in total. The van der Waals surface area contributed by atoms with Crippen molar-refractivity contribution in [1.29, 1.82) is 0 Å². The second kappa shape index (κ2) is 9.25. The number of carbonyl (C=O) groups is 1. The topological polar surface area (TPSA) is 75.6 Å². The molecule has 1 aliphatic heterocycles. The Kier molecular flexibility index (Phi) is 6.51. The zero-order chi connectivity index (χ0) is 21.7. The van der Waals surface area contributed by atoms with Gasteiger partial charge in [0.2, 0.25) is 5.90 Å². The van der Waals surface area contributed by atoms with Gasteiger partial charge in [0.05, 0.1) is 20.8 Å². The van der Waals surface area contributed by atoms with Crippen LogP contribution in [0.1, 0.15) is 18.1 Å². The van der Waals surface area contributed by atoms with E-state index in [1.165, 1.54) is 38.5 Å². The third-order valence-electron chi connectivity index (χ3n) is 4.05. The van der Waals surface area contributed by atoms with Gasteiger partial charge in [-0.1, -0.05) is 12.1 Å². The van der Waals surface area contributed by atoms with Crippen molar-refractivity contribution >= 4 is 17.9 Å². The molecule has 0 aliphatic carbocycles. The Morgan fingerprint density at radius 3 is 2.57 bits per heavy atom. The Bertz CT molecular complexity index is 1000. The summed E-state index contributed by atoms with van der Waals surface area (Å²) in [6.07, 6.45) is 1.52. The number of alkyl halides is 2. The van der Waals surface area contributed by atoms with Gasteiger partial charge in [0, 0.05) is 11.1 Å². The minimum absolute atomic E-state index is 0.00748. The van der Waals surface area contributed by atoms with Gasteiger partial charge in [-0.2, -0.15) is 8.78 Å². The first kappa shape index (κ1) is 21.1. The van der Waals surface area contributed by atoms with Crippen LogP contribution in [0.4, 0.5) is 8.78 Å². The number of methoxy groups -OCH3 is 2. The van der Waals surface area contributed by atoms with E-state index in [2.05, 4.69) is 9.73 Å². The summed E-state index contributed by atoms with van der Waals surface area (Å²) >= 11 is 0. The number of esters is 1. The van der Waals surface area contributed by atoms with Gasteiger partial charge in [-0.05, 0) is 37.3 Å². The molecule has 2 aromatic carbocycles. The summed E-state index contributed by atoms with van der Waals surface area (Å²) in [5.41, 5.74) is 0.989. The molecule has 0 unspecified atom stereocenters. The number of para-hydroxylation sites is 1. The smallest absolute Gasteiger partial charge is 0.387 e. The van der Waals surface area contributed by atoms with Crippen LogP contribution in [-0.4, -0.2) is 39.3 Å². The van der Waals surface area contributed by atoms with Gasteiger partial charge in [-0.3, -0.25) is 0 Å². The van der Waals surface area contributed by atoms with E-state index in [9.17, 15) is 13.6 Å². The fourth-order valence-corrected chi connectivity index (χ4v) is 2.81. The number of halogens is 2. The molecule has 0 fully saturated rings. The SMILES string of the molecule is CCOc1cccc(/C=C2/N=C(c3ccc(OC(F)F)c(OC)c3)OC2=O)c1OC. The number of rotatable bonds is 8. The summed E-state index contributed by atoms with van der Waals surface area (Å²) in [6.45, 7) is -0.696. The van der Waals surface area contributed by atoms with Crippen molar-refractivity contribution in [2.45, 2.75) is 13.5 Å². The van der Waals surface area contributed by atoms with Gasteiger partial charge in [0.1, 0.15) is 0 Å². The van der Waals surface area contributed by atoms with Crippen molar-refractivity contribution in [3.63, 3.8) is 0 Å². The summed E-state index contributed by atoms with van der Waals surface area (Å²) in [6, 6.07) is 9.37. The number of benzene rings is 2. The third-order valence-corrected chi connectivity index (χ3v) is 4.05. The van der Waals surface area contributed by atoms with E-state index >= 15 is 0 Å². The van der Waals surface area contributed by atoms with Gasteiger partial charge >= 0.3 is 12.6 Å². The molecule has 158 valence electrons. The molecule has 0 amide bonds. The Morgan fingerprint density at radius 2 is 1.90 bits per heavy atom. The second-order valence-corrected chi connectivity index (χ2v) is 5.89. The third kappa shape index (κ3) is 4.51. The molecule has 0 saturated carbocycles. The van der Waals surface area contributed by atoms with Crippen molar-refractivity contribution in [1.82, 2.24) is 0 Å². The van der Waals surface area contributed by atoms with Crippen LogP contribution < -0.4 is 18.9 Å². The van der Waals surface area contributed by atoms with E-state index in [-0.39, 0.29) is 23.1 Å². The zero-order valence-corrected chi connectivity index (χ0v) is 16.5. The lowest BCUT2D eigenvalue weighted by Gasteiger charge is -2.11. The summed E-state index contributed by atoms with van der Waals surface area (Å²) in [5.74, 6) is 0.237. The summed E-state index contributed by atoms with van der Waals surface area (Å²) in [7, 11) is 2.81. The second-order valence-electron chi connectivity index (χ2n) is 5.89. The first-order valence-corrected chi connectivity index (χ1v) is 8.92. The average Bonchev–Trinajstić information content (AvgIpc) is 3.08. The maximum atomic E-state index is 12.5. The minimum atomic E-state index is -3.00. The fourth-order valence-electron chi connectivity index (χ4n) is 2.81.